The van der Waals surface area contributed by atoms with E-state index in [9.17, 15) is 5.11 Å². The van der Waals surface area contributed by atoms with Gasteiger partial charge in [0.15, 0.2) is 0 Å². The van der Waals surface area contributed by atoms with Gasteiger partial charge >= 0.3 is 0 Å². The molecule has 1 heterocycles. The predicted molar refractivity (Wildman–Crippen MR) is 60.3 cm³/mol. The van der Waals surface area contributed by atoms with Crippen LogP contribution in [0.25, 0.3) is 10.1 Å². The third-order valence-corrected chi connectivity index (χ3v) is 4.08. The Bertz CT molecular complexity index is 450. The van der Waals surface area contributed by atoms with Gasteiger partial charge in [-0.3, -0.25) is 0 Å². The van der Waals surface area contributed by atoms with Crippen LogP contribution in [-0.2, 0) is 0 Å². The maximum atomic E-state index is 9.42. The molecule has 4 heteroatoms. The summed E-state index contributed by atoms with van der Waals surface area (Å²) in [5, 5.41) is 12.9. The van der Waals surface area contributed by atoms with E-state index < -0.39 is 0 Å². The Kier molecular flexibility index (Phi) is 2.41. The van der Waals surface area contributed by atoms with Crippen LogP contribution in [0.2, 0.25) is 5.02 Å². The standard InChI is InChI=1S/C9H7ClOS2/c1-12-7-4-13-6-3-2-5(11)9(10)8(6)7/h2-4,11H,1H3. The average Bonchev–Trinajstić information content (AvgIpc) is 2.55. The van der Waals surface area contributed by atoms with Gasteiger partial charge in [-0.2, -0.15) is 0 Å². The van der Waals surface area contributed by atoms with Crippen LogP contribution >= 0.6 is 34.7 Å². The molecule has 0 bridgehead atoms. The van der Waals surface area contributed by atoms with E-state index in [-0.39, 0.29) is 5.75 Å². The number of aromatic hydroxyl groups is 1. The van der Waals surface area contributed by atoms with Crippen LogP contribution in [0.3, 0.4) is 0 Å². The summed E-state index contributed by atoms with van der Waals surface area (Å²) in [6, 6.07) is 3.52. The van der Waals surface area contributed by atoms with Crippen molar-refractivity contribution in [2.24, 2.45) is 0 Å². The topological polar surface area (TPSA) is 20.2 Å². The number of halogens is 1. The summed E-state index contributed by atoms with van der Waals surface area (Å²) in [4.78, 5) is 1.13. The normalized spacial score (nSPS) is 10.9. The van der Waals surface area contributed by atoms with Gasteiger partial charge in [-0.15, -0.1) is 23.1 Å². The van der Waals surface area contributed by atoms with Crippen molar-refractivity contribution in [3.8, 4) is 5.75 Å². The Morgan fingerprint density at radius 2 is 2.23 bits per heavy atom. The summed E-state index contributed by atoms with van der Waals surface area (Å²) in [5.41, 5.74) is 0. The molecule has 0 saturated heterocycles. The molecular formula is C9H7ClOS2. The molecule has 0 spiro atoms. The molecule has 0 atom stereocenters. The van der Waals surface area contributed by atoms with Crippen molar-refractivity contribution in [3.63, 3.8) is 0 Å². The molecule has 0 radical (unpaired) electrons. The fourth-order valence-corrected chi connectivity index (χ4v) is 3.42. The van der Waals surface area contributed by atoms with Gasteiger partial charge in [0.2, 0.25) is 0 Å². The summed E-state index contributed by atoms with van der Waals surface area (Å²) >= 11 is 9.28. The van der Waals surface area contributed by atoms with Gasteiger partial charge < -0.3 is 5.11 Å². The first-order chi connectivity index (χ1) is 6.24. The molecule has 0 saturated carbocycles. The fraction of sp³-hybridized carbons (Fsp3) is 0.111. The lowest BCUT2D eigenvalue weighted by atomic mass is 10.2. The number of hydrogen-bond donors (Lipinski definition) is 1. The molecule has 0 aliphatic carbocycles. The quantitative estimate of drug-likeness (QED) is 0.748. The molecule has 68 valence electrons. The first-order valence-corrected chi connectivity index (χ1v) is 6.15. The maximum Gasteiger partial charge on any atom is 0.134 e. The number of benzene rings is 1. The second-order valence-electron chi connectivity index (χ2n) is 2.58. The number of rotatable bonds is 1. The van der Waals surface area contributed by atoms with Crippen LogP contribution < -0.4 is 0 Å². The van der Waals surface area contributed by atoms with Crippen molar-refractivity contribution in [1.82, 2.24) is 0 Å². The van der Waals surface area contributed by atoms with E-state index in [0.717, 1.165) is 15.0 Å². The second-order valence-corrected chi connectivity index (χ2v) is 4.71. The van der Waals surface area contributed by atoms with E-state index in [1.807, 2.05) is 12.3 Å². The van der Waals surface area contributed by atoms with Gasteiger partial charge in [-0.05, 0) is 18.4 Å². The van der Waals surface area contributed by atoms with Gasteiger partial charge in [0.05, 0.1) is 5.02 Å². The van der Waals surface area contributed by atoms with E-state index in [2.05, 4.69) is 5.38 Å². The molecule has 2 aromatic rings. The SMILES string of the molecule is CSc1csc2ccc(O)c(Cl)c12. The number of thioether (sulfide) groups is 1. The largest absolute Gasteiger partial charge is 0.506 e. The molecule has 0 aliphatic heterocycles. The third-order valence-electron chi connectivity index (χ3n) is 1.84. The van der Waals surface area contributed by atoms with Gasteiger partial charge in [-0.25, -0.2) is 0 Å². The van der Waals surface area contributed by atoms with E-state index >= 15 is 0 Å². The summed E-state index contributed by atoms with van der Waals surface area (Å²) in [5.74, 6) is 0.155. The average molecular weight is 231 g/mol. The summed E-state index contributed by atoms with van der Waals surface area (Å²) < 4.78 is 1.12. The minimum atomic E-state index is 0.155. The molecule has 0 unspecified atom stereocenters. The molecule has 0 amide bonds. The highest BCUT2D eigenvalue weighted by molar-refractivity contribution is 7.99. The smallest absolute Gasteiger partial charge is 0.134 e. The summed E-state index contributed by atoms with van der Waals surface area (Å²) in [6.45, 7) is 0. The molecule has 1 aromatic carbocycles. The number of phenolic OH excluding ortho intramolecular Hbond substituents is 1. The zero-order valence-electron chi connectivity index (χ0n) is 6.87. The lowest BCUT2D eigenvalue weighted by molar-refractivity contribution is 0.476. The maximum absolute atomic E-state index is 9.42. The monoisotopic (exact) mass is 230 g/mol. The molecule has 2 rings (SSSR count). The minimum Gasteiger partial charge on any atom is -0.506 e. The summed E-state index contributed by atoms with van der Waals surface area (Å²) in [6.07, 6.45) is 2.00. The van der Waals surface area contributed by atoms with Crippen LogP contribution in [0.4, 0.5) is 0 Å². The Labute approximate surface area is 89.3 Å². The van der Waals surface area contributed by atoms with Crippen LogP contribution in [0.5, 0.6) is 5.75 Å². The van der Waals surface area contributed by atoms with E-state index in [1.165, 1.54) is 0 Å². The highest BCUT2D eigenvalue weighted by atomic mass is 35.5. The van der Waals surface area contributed by atoms with Crippen molar-refractivity contribution in [2.75, 3.05) is 6.26 Å². The Morgan fingerprint density at radius 1 is 1.46 bits per heavy atom. The zero-order valence-corrected chi connectivity index (χ0v) is 9.26. The highest BCUT2D eigenvalue weighted by Crippen LogP contribution is 2.40. The van der Waals surface area contributed by atoms with E-state index in [0.29, 0.717) is 5.02 Å². The Morgan fingerprint density at radius 3 is 2.92 bits per heavy atom. The van der Waals surface area contributed by atoms with Crippen molar-refractivity contribution < 1.29 is 5.11 Å². The van der Waals surface area contributed by atoms with Gasteiger partial charge in [0.1, 0.15) is 5.75 Å². The van der Waals surface area contributed by atoms with Crippen LogP contribution in [0, 0.1) is 0 Å². The van der Waals surface area contributed by atoms with Crippen molar-refractivity contribution in [2.45, 2.75) is 4.90 Å². The zero-order chi connectivity index (χ0) is 9.42. The number of fused-ring (bicyclic) bond motifs is 1. The molecule has 0 fully saturated rings. The van der Waals surface area contributed by atoms with Crippen LogP contribution in [0.15, 0.2) is 22.4 Å². The lowest BCUT2D eigenvalue weighted by Crippen LogP contribution is -1.71. The molecule has 0 aliphatic rings. The minimum absolute atomic E-state index is 0.155. The highest BCUT2D eigenvalue weighted by Gasteiger charge is 2.09. The Balaban J connectivity index is 2.85. The van der Waals surface area contributed by atoms with Gasteiger partial charge in [-0.1, -0.05) is 11.6 Å². The first-order valence-electron chi connectivity index (χ1n) is 3.66. The van der Waals surface area contributed by atoms with Crippen molar-refractivity contribution >= 4 is 44.8 Å². The lowest BCUT2D eigenvalue weighted by Gasteiger charge is -1.99. The van der Waals surface area contributed by atoms with Gasteiger partial charge in [0.25, 0.3) is 0 Å². The Hall–Kier alpha value is -0.380. The second kappa shape index (κ2) is 3.40. The summed E-state index contributed by atoms with van der Waals surface area (Å²) in [7, 11) is 0. The molecular weight excluding hydrogens is 224 g/mol. The van der Waals surface area contributed by atoms with Gasteiger partial charge in [0, 0.05) is 20.4 Å². The van der Waals surface area contributed by atoms with E-state index in [4.69, 9.17) is 11.6 Å². The number of hydrogen-bond acceptors (Lipinski definition) is 3. The predicted octanol–water partition coefficient (Wildman–Crippen LogP) is 3.98. The van der Waals surface area contributed by atoms with Crippen molar-refractivity contribution in [1.29, 1.82) is 0 Å². The van der Waals surface area contributed by atoms with Crippen molar-refractivity contribution in [3.05, 3.63) is 22.5 Å². The first kappa shape index (κ1) is 9.19. The van der Waals surface area contributed by atoms with E-state index in [1.54, 1.807) is 29.2 Å². The molecule has 1 aromatic heterocycles. The molecule has 1 N–H and O–H groups in total. The molecule has 13 heavy (non-hydrogen) atoms. The number of thiophene rings is 1. The van der Waals surface area contributed by atoms with Crippen LogP contribution in [0.1, 0.15) is 0 Å². The number of phenols is 1. The van der Waals surface area contributed by atoms with Crippen LogP contribution in [-0.4, -0.2) is 11.4 Å². The third kappa shape index (κ3) is 1.41. The fourth-order valence-electron chi connectivity index (χ4n) is 1.20. The molecule has 1 nitrogen and oxygen atoms in total.